The monoisotopic (exact) mass is 341 g/mol. The van der Waals surface area contributed by atoms with Crippen molar-refractivity contribution in [3.05, 3.63) is 29.3 Å². The number of likely N-dealkylation sites (tertiary alicyclic amines) is 1. The number of rotatable bonds is 7. The van der Waals surface area contributed by atoms with Crippen LogP contribution in [0.3, 0.4) is 0 Å². The van der Waals surface area contributed by atoms with Crippen molar-refractivity contribution in [1.82, 2.24) is 4.90 Å². The maximum absolute atomic E-state index is 12.4. The second-order valence-electron chi connectivity index (χ2n) is 6.07. The highest BCUT2D eigenvalue weighted by Gasteiger charge is 2.36. The van der Waals surface area contributed by atoms with E-state index in [0.717, 1.165) is 19.3 Å². The van der Waals surface area contributed by atoms with Crippen molar-refractivity contribution in [3.63, 3.8) is 0 Å². The van der Waals surface area contributed by atoms with Crippen LogP contribution in [-0.4, -0.2) is 55.9 Å². The number of amides is 1. The summed E-state index contributed by atoms with van der Waals surface area (Å²) in [6, 6.07) is 6.99. The second kappa shape index (κ2) is 8.52. The van der Waals surface area contributed by atoms with E-state index in [1.54, 1.807) is 36.3 Å². The molecule has 1 atom stereocenters. The molecule has 1 fully saturated rings. The molecule has 0 spiro atoms. The molecule has 23 heavy (non-hydrogen) atoms. The number of hydrogen-bond acceptors (Lipinski definition) is 4. The topological polar surface area (TPSA) is 59.0 Å². The lowest BCUT2D eigenvalue weighted by Crippen LogP contribution is -2.49. The van der Waals surface area contributed by atoms with E-state index in [1.807, 2.05) is 0 Å². The standard InChI is InChI=1S/C17H24ClNO4/c1-22-9-7-17(13-20)6-3-8-19(12-17)16(21)11-23-15-5-2-4-14(18)10-15/h2,4-5,10,20H,3,6-9,11-13H2,1H3/t17-/m0/s1. The third kappa shape index (κ3) is 5.09. The molecule has 1 heterocycles. The summed E-state index contributed by atoms with van der Waals surface area (Å²) in [6.45, 7) is 1.88. The maximum Gasteiger partial charge on any atom is 0.260 e. The van der Waals surface area contributed by atoms with E-state index >= 15 is 0 Å². The van der Waals surface area contributed by atoms with Crippen LogP contribution in [0, 0.1) is 5.41 Å². The van der Waals surface area contributed by atoms with Gasteiger partial charge < -0.3 is 19.5 Å². The van der Waals surface area contributed by atoms with Crippen molar-refractivity contribution in [2.24, 2.45) is 5.41 Å². The van der Waals surface area contributed by atoms with Crippen molar-refractivity contribution < 1.29 is 19.4 Å². The highest BCUT2D eigenvalue weighted by molar-refractivity contribution is 6.30. The summed E-state index contributed by atoms with van der Waals surface area (Å²) in [5, 5.41) is 10.3. The van der Waals surface area contributed by atoms with Gasteiger partial charge in [0, 0.05) is 37.2 Å². The zero-order valence-corrected chi connectivity index (χ0v) is 14.2. The van der Waals surface area contributed by atoms with Gasteiger partial charge in [0.1, 0.15) is 5.75 Å². The molecule has 1 N–H and O–H groups in total. The maximum atomic E-state index is 12.4. The van der Waals surface area contributed by atoms with Crippen LogP contribution >= 0.6 is 11.6 Å². The predicted molar refractivity (Wildman–Crippen MR) is 88.8 cm³/mol. The summed E-state index contributed by atoms with van der Waals surface area (Å²) in [5.74, 6) is 0.510. The molecule has 1 aromatic carbocycles. The average Bonchev–Trinajstić information content (AvgIpc) is 2.58. The van der Waals surface area contributed by atoms with E-state index in [9.17, 15) is 9.90 Å². The molecular formula is C17H24ClNO4. The Hall–Kier alpha value is -1.30. The summed E-state index contributed by atoms with van der Waals surface area (Å²) in [6.07, 6.45) is 2.54. The normalized spacial score (nSPS) is 21.3. The quantitative estimate of drug-likeness (QED) is 0.827. The molecule has 0 aliphatic carbocycles. The third-order valence-electron chi connectivity index (χ3n) is 4.34. The van der Waals surface area contributed by atoms with Gasteiger partial charge in [-0.05, 0) is 37.5 Å². The van der Waals surface area contributed by atoms with Crippen molar-refractivity contribution in [2.45, 2.75) is 19.3 Å². The Morgan fingerprint density at radius 3 is 3.00 bits per heavy atom. The van der Waals surface area contributed by atoms with Gasteiger partial charge in [-0.3, -0.25) is 4.79 Å². The van der Waals surface area contributed by atoms with Crippen LogP contribution in [0.25, 0.3) is 0 Å². The Bertz CT molecular complexity index is 525. The molecule has 0 aromatic heterocycles. The van der Waals surface area contributed by atoms with Gasteiger partial charge in [-0.15, -0.1) is 0 Å². The number of methoxy groups -OCH3 is 1. The molecule has 0 radical (unpaired) electrons. The number of aliphatic hydroxyl groups is 1. The molecule has 1 aliphatic rings. The largest absolute Gasteiger partial charge is 0.484 e. The minimum atomic E-state index is -0.264. The molecule has 0 unspecified atom stereocenters. The highest BCUT2D eigenvalue weighted by atomic mass is 35.5. The molecule has 1 aliphatic heterocycles. The molecule has 6 heteroatoms. The number of benzene rings is 1. The molecule has 0 saturated carbocycles. The minimum absolute atomic E-state index is 0.0217. The summed E-state index contributed by atoms with van der Waals surface area (Å²) in [7, 11) is 1.65. The Balaban J connectivity index is 1.90. The van der Waals surface area contributed by atoms with Gasteiger partial charge in [0.2, 0.25) is 0 Å². The Morgan fingerprint density at radius 2 is 2.30 bits per heavy atom. The number of halogens is 1. The lowest BCUT2D eigenvalue weighted by Gasteiger charge is -2.41. The van der Waals surface area contributed by atoms with Crippen LogP contribution in [0.4, 0.5) is 0 Å². The molecule has 5 nitrogen and oxygen atoms in total. The van der Waals surface area contributed by atoms with E-state index in [2.05, 4.69) is 0 Å². The van der Waals surface area contributed by atoms with Crippen molar-refractivity contribution in [3.8, 4) is 5.75 Å². The first-order valence-electron chi connectivity index (χ1n) is 7.84. The van der Waals surface area contributed by atoms with Crippen LogP contribution < -0.4 is 4.74 Å². The van der Waals surface area contributed by atoms with Gasteiger partial charge in [0.15, 0.2) is 6.61 Å². The summed E-state index contributed by atoms with van der Waals surface area (Å²) in [5.41, 5.74) is -0.264. The molecular weight excluding hydrogens is 318 g/mol. The Morgan fingerprint density at radius 1 is 1.48 bits per heavy atom. The van der Waals surface area contributed by atoms with E-state index in [1.165, 1.54) is 0 Å². The third-order valence-corrected chi connectivity index (χ3v) is 4.58. The lowest BCUT2D eigenvalue weighted by atomic mass is 9.78. The fraction of sp³-hybridized carbons (Fsp3) is 0.588. The molecule has 2 rings (SSSR count). The van der Waals surface area contributed by atoms with Crippen LogP contribution in [0.15, 0.2) is 24.3 Å². The van der Waals surface area contributed by atoms with Gasteiger partial charge >= 0.3 is 0 Å². The number of carbonyl (C=O) groups excluding carboxylic acids is 1. The Labute approximate surface area is 142 Å². The SMILES string of the molecule is COCC[C@@]1(CO)CCCN(C(=O)COc2cccc(Cl)c2)C1. The summed E-state index contributed by atoms with van der Waals surface area (Å²) in [4.78, 5) is 14.2. The molecule has 128 valence electrons. The zero-order chi connectivity index (χ0) is 16.7. The van der Waals surface area contributed by atoms with E-state index < -0.39 is 0 Å². The first-order chi connectivity index (χ1) is 11.1. The van der Waals surface area contributed by atoms with Crippen LogP contribution in [0.5, 0.6) is 5.75 Å². The summed E-state index contributed by atoms with van der Waals surface area (Å²) < 4.78 is 10.7. The van der Waals surface area contributed by atoms with Crippen molar-refractivity contribution >= 4 is 17.5 Å². The van der Waals surface area contributed by atoms with E-state index in [4.69, 9.17) is 21.1 Å². The number of carbonyl (C=O) groups is 1. The summed E-state index contributed by atoms with van der Waals surface area (Å²) >= 11 is 5.90. The van der Waals surface area contributed by atoms with Crippen LogP contribution in [-0.2, 0) is 9.53 Å². The predicted octanol–water partition coefficient (Wildman–Crippen LogP) is 2.36. The van der Waals surface area contributed by atoms with Gasteiger partial charge in [0.25, 0.3) is 5.91 Å². The van der Waals surface area contributed by atoms with E-state index in [-0.39, 0.29) is 24.5 Å². The molecule has 1 saturated heterocycles. The Kier molecular flexibility index (Phi) is 6.69. The second-order valence-corrected chi connectivity index (χ2v) is 6.50. The fourth-order valence-electron chi connectivity index (χ4n) is 2.94. The number of ether oxygens (including phenoxy) is 2. The number of aliphatic hydroxyl groups excluding tert-OH is 1. The lowest BCUT2D eigenvalue weighted by molar-refractivity contribution is -0.138. The van der Waals surface area contributed by atoms with Crippen molar-refractivity contribution in [2.75, 3.05) is 40.0 Å². The van der Waals surface area contributed by atoms with Gasteiger partial charge in [0.05, 0.1) is 6.61 Å². The van der Waals surface area contributed by atoms with Crippen LogP contribution in [0.1, 0.15) is 19.3 Å². The zero-order valence-electron chi connectivity index (χ0n) is 13.5. The van der Waals surface area contributed by atoms with Crippen LogP contribution in [0.2, 0.25) is 5.02 Å². The van der Waals surface area contributed by atoms with E-state index in [0.29, 0.717) is 30.5 Å². The van der Waals surface area contributed by atoms with Gasteiger partial charge in [-0.25, -0.2) is 0 Å². The highest BCUT2D eigenvalue weighted by Crippen LogP contribution is 2.33. The van der Waals surface area contributed by atoms with Gasteiger partial charge in [-0.2, -0.15) is 0 Å². The van der Waals surface area contributed by atoms with Gasteiger partial charge in [-0.1, -0.05) is 17.7 Å². The molecule has 1 aromatic rings. The van der Waals surface area contributed by atoms with Crippen molar-refractivity contribution in [1.29, 1.82) is 0 Å². The first kappa shape index (κ1) is 18.0. The first-order valence-corrected chi connectivity index (χ1v) is 8.22. The molecule has 0 bridgehead atoms. The minimum Gasteiger partial charge on any atom is -0.484 e. The average molecular weight is 342 g/mol. The number of hydrogen-bond donors (Lipinski definition) is 1. The smallest absolute Gasteiger partial charge is 0.260 e. The number of nitrogens with zero attached hydrogens (tertiary/aromatic N) is 1. The molecule has 1 amide bonds. The number of piperidine rings is 1. The fourth-order valence-corrected chi connectivity index (χ4v) is 3.12.